The molecule has 2 heterocycles. The van der Waals surface area contributed by atoms with Gasteiger partial charge in [0.25, 0.3) is 0 Å². The number of rotatable bonds is 2. The van der Waals surface area contributed by atoms with Crippen LogP contribution in [0.3, 0.4) is 0 Å². The van der Waals surface area contributed by atoms with Crippen LogP contribution in [-0.2, 0) is 5.88 Å². The van der Waals surface area contributed by atoms with Gasteiger partial charge in [-0.2, -0.15) is 0 Å². The Morgan fingerprint density at radius 3 is 2.84 bits per heavy atom. The van der Waals surface area contributed by atoms with Gasteiger partial charge in [0.05, 0.1) is 16.6 Å². The molecule has 3 rings (SSSR count). The Morgan fingerprint density at radius 1 is 1.26 bits per heavy atom. The van der Waals surface area contributed by atoms with Gasteiger partial charge in [0.15, 0.2) is 5.65 Å². The van der Waals surface area contributed by atoms with E-state index in [1.165, 1.54) is 12.1 Å². The number of alkyl halides is 1. The molecule has 0 atom stereocenters. The monoisotopic (exact) mass is 295 g/mol. The lowest BCUT2D eigenvalue weighted by Crippen LogP contribution is -2.01. The predicted molar refractivity (Wildman–Crippen MR) is 73.4 cm³/mol. The number of fused-ring (bicyclic) bond motifs is 1. The van der Waals surface area contributed by atoms with Gasteiger partial charge < -0.3 is 0 Å². The molecule has 0 bridgehead atoms. The normalized spacial score (nSPS) is 11.1. The Hall–Kier alpha value is -1.65. The summed E-state index contributed by atoms with van der Waals surface area (Å²) in [4.78, 5) is 8.67. The summed E-state index contributed by atoms with van der Waals surface area (Å²) in [6, 6.07) is 7.82. The molecule has 0 aliphatic carbocycles. The van der Waals surface area contributed by atoms with E-state index in [0.29, 0.717) is 17.2 Å². The molecule has 0 radical (unpaired) electrons. The molecule has 0 aliphatic rings. The predicted octanol–water partition coefficient (Wildman–Crippen LogP) is 3.95. The van der Waals surface area contributed by atoms with Gasteiger partial charge in [-0.25, -0.2) is 14.4 Å². The van der Waals surface area contributed by atoms with Crippen LogP contribution >= 0.6 is 23.2 Å². The fourth-order valence-corrected chi connectivity index (χ4v) is 2.40. The molecule has 1 aromatic carbocycles. The van der Waals surface area contributed by atoms with Crippen LogP contribution in [0.1, 0.15) is 5.82 Å². The fraction of sp³-hybridized carbons (Fsp3) is 0.0769. The van der Waals surface area contributed by atoms with Crippen LogP contribution in [0.5, 0.6) is 0 Å². The minimum atomic E-state index is -0.390. The number of hydrogen-bond acceptors (Lipinski definition) is 2. The van der Waals surface area contributed by atoms with Crippen molar-refractivity contribution in [3.05, 3.63) is 53.2 Å². The Kier molecular flexibility index (Phi) is 3.12. The number of pyridine rings is 1. The van der Waals surface area contributed by atoms with Gasteiger partial charge in [0.1, 0.15) is 17.2 Å². The summed E-state index contributed by atoms with van der Waals surface area (Å²) in [5.41, 5.74) is 1.98. The van der Waals surface area contributed by atoms with E-state index in [2.05, 4.69) is 9.97 Å². The molecule has 0 saturated heterocycles. The van der Waals surface area contributed by atoms with Gasteiger partial charge in [-0.3, -0.25) is 4.57 Å². The quantitative estimate of drug-likeness (QED) is 0.670. The highest BCUT2D eigenvalue weighted by Crippen LogP contribution is 2.27. The molecule has 0 aliphatic heterocycles. The third kappa shape index (κ3) is 2.07. The largest absolute Gasteiger partial charge is 0.278 e. The first-order chi connectivity index (χ1) is 9.20. The Bertz CT molecular complexity index is 755. The lowest BCUT2D eigenvalue weighted by Gasteiger charge is -2.09. The van der Waals surface area contributed by atoms with Crippen molar-refractivity contribution in [3.63, 3.8) is 0 Å². The van der Waals surface area contributed by atoms with E-state index >= 15 is 0 Å². The van der Waals surface area contributed by atoms with Crippen LogP contribution < -0.4 is 0 Å². The van der Waals surface area contributed by atoms with E-state index in [0.717, 1.165) is 5.52 Å². The minimum Gasteiger partial charge on any atom is -0.278 e. The number of imidazole rings is 1. The number of nitrogens with zero attached hydrogens (tertiary/aromatic N) is 3. The van der Waals surface area contributed by atoms with Crippen LogP contribution in [0, 0.1) is 5.82 Å². The summed E-state index contributed by atoms with van der Waals surface area (Å²) >= 11 is 12.0. The Balaban J connectivity index is 2.34. The zero-order valence-corrected chi connectivity index (χ0v) is 11.2. The zero-order valence-electron chi connectivity index (χ0n) is 9.65. The molecule has 96 valence electrons. The lowest BCUT2D eigenvalue weighted by atomic mass is 10.3. The van der Waals surface area contributed by atoms with Gasteiger partial charge >= 0.3 is 0 Å². The maximum Gasteiger partial charge on any atom is 0.164 e. The van der Waals surface area contributed by atoms with E-state index in [1.54, 1.807) is 22.9 Å². The summed E-state index contributed by atoms with van der Waals surface area (Å²) in [7, 11) is 0. The molecule has 6 heteroatoms. The second-order valence-electron chi connectivity index (χ2n) is 3.94. The summed E-state index contributed by atoms with van der Waals surface area (Å²) in [6.45, 7) is 0. The molecule has 19 heavy (non-hydrogen) atoms. The topological polar surface area (TPSA) is 30.7 Å². The first-order valence-corrected chi connectivity index (χ1v) is 6.45. The third-order valence-corrected chi connectivity index (χ3v) is 3.30. The number of benzene rings is 1. The van der Waals surface area contributed by atoms with E-state index in [1.807, 2.05) is 6.07 Å². The first kappa shape index (κ1) is 12.4. The molecule has 3 aromatic rings. The molecule has 3 nitrogen and oxygen atoms in total. The second-order valence-corrected chi connectivity index (χ2v) is 4.61. The smallest absolute Gasteiger partial charge is 0.164 e. The highest BCUT2D eigenvalue weighted by atomic mass is 35.5. The van der Waals surface area contributed by atoms with Crippen molar-refractivity contribution in [2.24, 2.45) is 0 Å². The number of halogens is 3. The van der Waals surface area contributed by atoms with Gasteiger partial charge in [-0.15, -0.1) is 11.6 Å². The van der Waals surface area contributed by atoms with Crippen LogP contribution in [0.25, 0.3) is 16.9 Å². The third-order valence-electron chi connectivity index (χ3n) is 2.76. The van der Waals surface area contributed by atoms with Crippen LogP contribution in [0.15, 0.2) is 36.5 Å². The SMILES string of the molecule is Fc1ccc(-n2c(CCl)nc3cccnc32)c(Cl)c1. The van der Waals surface area contributed by atoms with Crippen molar-refractivity contribution in [3.8, 4) is 5.69 Å². The molecule has 0 amide bonds. The van der Waals surface area contributed by atoms with Crippen molar-refractivity contribution in [1.29, 1.82) is 0 Å². The van der Waals surface area contributed by atoms with Gasteiger partial charge in [0.2, 0.25) is 0 Å². The second kappa shape index (κ2) is 4.79. The van der Waals surface area contributed by atoms with Crippen LogP contribution in [0.2, 0.25) is 5.02 Å². The molecule has 2 aromatic heterocycles. The van der Waals surface area contributed by atoms with Crippen LogP contribution in [0.4, 0.5) is 4.39 Å². The maximum atomic E-state index is 13.1. The average Bonchev–Trinajstić information content (AvgIpc) is 2.77. The Morgan fingerprint density at radius 2 is 2.11 bits per heavy atom. The van der Waals surface area contributed by atoms with Crippen LogP contribution in [-0.4, -0.2) is 14.5 Å². The highest BCUT2D eigenvalue weighted by molar-refractivity contribution is 6.32. The first-order valence-electron chi connectivity index (χ1n) is 5.54. The van der Waals surface area contributed by atoms with E-state index in [9.17, 15) is 4.39 Å². The molecular formula is C13H8Cl2FN3. The van der Waals surface area contributed by atoms with Gasteiger partial charge in [0, 0.05) is 6.20 Å². The molecule has 0 spiro atoms. The van der Waals surface area contributed by atoms with Crippen molar-refractivity contribution in [1.82, 2.24) is 14.5 Å². The summed E-state index contributed by atoms with van der Waals surface area (Å²) in [6.07, 6.45) is 1.66. The van der Waals surface area contributed by atoms with Gasteiger partial charge in [-0.1, -0.05) is 11.6 Å². The molecule has 0 N–H and O–H groups in total. The van der Waals surface area contributed by atoms with Crippen molar-refractivity contribution >= 4 is 34.4 Å². The molecule has 0 saturated carbocycles. The van der Waals surface area contributed by atoms with E-state index in [4.69, 9.17) is 23.2 Å². The maximum absolute atomic E-state index is 13.1. The molecular weight excluding hydrogens is 288 g/mol. The van der Waals surface area contributed by atoms with Crippen molar-refractivity contribution in [2.45, 2.75) is 5.88 Å². The van der Waals surface area contributed by atoms with Gasteiger partial charge in [-0.05, 0) is 30.3 Å². The van der Waals surface area contributed by atoms with Crippen molar-refractivity contribution < 1.29 is 4.39 Å². The number of aromatic nitrogens is 3. The standard InChI is InChI=1S/C13H8Cl2FN3/c14-7-12-18-10-2-1-5-17-13(10)19(12)11-4-3-8(16)6-9(11)15/h1-6H,7H2. The minimum absolute atomic E-state index is 0.212. The highest BCUT2D eigenvalue weighted by Gasteiger charge is 2.15. The summed E-state index contributed by atoms with van der Waals surface area (Å²) < 4.78 is 14.9. The summed E-state index contributed by atoms with van der Waals surface area (Å²) in [5.74, 6) is 0.437. The molecule has 0 fully saturated rings. The van der Waals surface area contributed by atoms with Crippen molar-refractivity contribution in [2.75, 3.05) is 0 Å². The molecule has 0 unspecified atom stereocenters. The lowest BCUT2D eigenvalue weighted by molar-refractivity contribution is 0.627. The zero-order chi connectivity index (χ0) is 13.4. The fourth-order valence-electron chi connectivity index (χ4n) is 1.96. The Labute approximate surface area is 118 Å². The van der Waals surface area contributed by atoms with E-state index < -0.39 is 5.82 Å². The number of hydrogen-bond donors (Lipinski definition) is 0. The summed E-state index contributed by atoms with van der Waals surface area (Å²) in [5, 5.41) is 0.288. The average molecular weight is 296 g/mol. The van der Waals surface area contributed by atoms with E-state index in [-0.39, 0.29) is 10.9 Å².